The van der Waals surface area contributed by atoms with Crippen LogP contribution in [0.3, 0.4) is 0 Å². The van der Waals surface area contributed by atoms with Gasteiger partial charge in [0, 0.05) is 37.3 Å². The van der Waals surface area contributed by atoms with Gasteiger partial charge in [0.2, 0.25) is 0 Å². The van der Waals surface area contributed by atoms with E-state index in [2.05, 4.69) is 15.0 Å². The molecule has 7 heteroatoms. The number of pyridine rings is 1. The standard InChI is InChI=1S/C16H18N4O3/c1-11-13(4-3-6-17-11)16(21)20-9-5-12(10-20)23-15-14(22-2)18-7-8-19-15/h3-4,6-8,12H,5,9-10H2,1-2H3. The summed E-state index contributed by atoms with van der Waals surface area (Å²) in [5, 5.41) is 0. The van der Waals surface area contributed by atoms with E-state index in [1.54, 1.807) is 35.6 Å². The molecule has 0 spiro atoms. The van der Waals surface area contributed by atoms with Gasteiger partial charge in [0.1, 0.15) is 6.10 Å². The minimum Gasteiger partial charge on any atom is -0.477 e. The minimum absolute atomic E-state index is 0.0205. The van der Waals surface area contributed by atoms with Crippen LogP contribution in [-0.2, 0) is 0 Å². The van der Waals surface area contributed by atoms with Crippen molar-refractivity contribution in [3.8, 4) is 11.8 Å². The van der Waals surface area contributed by atoms with Gasteiger partial charge >= 0.3 is 0 Å². The molecule has 23 heavy (non-hydrogen) atoms. The quantitative estimate of drug-likeness (QED) is 0.851. The molecule has 1 amide bonds. The van der Waals surface area contributed by atoms with Gasteiger partial charge in [-0.1, -0.05) is 0 Å². The molecule has 0 N–H and O–H groups in total. The Balaban J connectivity index is 1.67. The molecule has 0 bridgehead atoms. The van der Waals surface area contributed by atoms with Gasteiger partial charge in [-0.15, -0.1) is 0 Å². The first-order valence-electron chi connectivity index (χ1n) is 7.41. The summed E-state index contributed by atoms with van der Waals surface area (Å²) in [6, 6.07) is 3.57. The number of likely N-dealkylation sites (tertiary alicyclic amines) is 1. The van der Waals surface area contributed by atoms with Gasteiger partial charge in [-0.25, -0.2) is 9.97 Å². The van der Waals surface area contributed by atoms with Crippen LogP contribution in [0.1, 0.15) is 22.5 Å². The van der Waals surface area contributed by atoms with E-state index in [4.69, 9.17) is 9.47 Å². The Morgan fingerprint density at radius 1 is 1.22 bits per heavy atom. The highest BCUT2D eigenvalue weighted by atomic mass is 16.5. The number of carbonyl (C=O) groups is 1. The normalized spacial score (nSPS) is 17.1. The van der Waals surface area contributed by atoms with E-state index in [-0.39, 0.29) is 12.0 Å². The fourth-order valence-corrected chi connectivity index (χ4v) is 2.58. The average Bonchev–Trinajstić information content (AvgIpc) is 3.04. The van der Waals surface area contributed by atoms with E-state index in [0.717, 1.165) is 12.1 Å². The van der Waals surface area contributed by atoms with Crippen LogP contribution < -0.4 is 9.47 Å². The van der Waals surface area contributed by atoms with Gasteiger partial charge in [0.15, 0.2) is 0 Å². The number of carbonyl (C=O) groups excluding carboxylic acids is 1. The van der Waals surface area contributed by atoms with E-state index in [1.807, 2.05) is 6.92 Å². The van der Waals surface area contributed by atoms with Crippen LogP contribution in [0.2, 0.25) is 0 Å². The molecule has 1 unspecified atom stereocenters. The number of hydrogen-bond donors (Lipinski definition) is 0. The summed E-state index contributed by atoms with van der Waals surface area (Å²) in [6.07, 6.45) is 5.39. The molecule has 3 rings (SSSR count). The Hall–Kier alpha value is -2.70. The summed E-state index contributed by atoms with van der Waals surface area (Å²) < 4.78 is 11.0. The molecule has 2 aromatic rings. The van der Waals surface area contributed by atoms with Crippen molar-refractivity contribution in [2.24, 2.45) is 0 Å². The predicted octanol–water partition coefficient (Wildman–Crippen LogP) is 1.48. The molecule has 3 heterocycles. The van der Waals surface area contributed by atoms with Crippen LogP contribution in [0.4, 0.5) is 0 Å². The Bertz CT molecular complexity index is 707. The predicted molar refractivity (Wildman–Crippen MR) is 82.5 cm³/mol. The van der Waals surface area contributed by atoms with Gasteiger partial charge < -0.3 is 14.4 Å². The zero-order valence-electron chi connectivity index (χ0n) is 13.1. The molecule has 120 valence electrons. The van der Waals surface area contributed by atoms with Gasteiger partial charge in [-0.2, -0.15) is 0 Å². The third-order valence-electron chi connectivity index (χ3n) is 3.77. The first-order chi connectivity index (χ1) is 11.2. The number of ether oxygens (including phenoxy) is 2. The second kappa shape index (κ2) is 6.60. The summed E-state index contributed by atoms with van der Waals surface area (Å²) in [5.41, 5.74) is 1.36. The van der Waals surface area contributed by atoms with Gasteiger partial charge in [0.25, 0.3) is 17.7 Å². The van der Waals surface area contributed by atoms with Crippen molar-refractivity contribution in [2.45, 2.75) is 19.4 Å². The van der Waals surface area contributed by atoms with Crippen molar-refractivity contribution >= 4 is 5.91 Å². The van der Waals surface area contributed by atoms with Gasteiger partial charge in [0.05, 0.1) is 19.2 Å². The Labute approximate surface area is 134 Å². The van der Waals surface area contributed by atoms with Crippen LogP contribution in [-0.4, -0.2) is 52.1 Å². The minimum atomic E-state index is -0.124. The molecule has 1 atom stereocenters. The maximum absolute atomic E-state index is 12.6. The number of amides is 1. The summed E-state index contributed by atoms with van der Waals surface area (Å²) in [5.74, 6) is 0.681. The topological polar surface area (TPSA) is 77.4 Å². The lowest BCUT2D eigenvalue weighted by atomic mass is 10.2. The lowest BCUT2D eigenvalue weighted by Crippen LogP contribution is -2.31. The van der Waals surface area contributed by atoms with Crippen molar-refractivity contribution in [3.05, 3.63) is 42.0 Å². The number of rotatable bonds is 4. The first kappa shape index (κ1) is 15.2. The highest BCUT2D eigenvalue weighted by Gasteiger charge is 2.30. The maximum Gasteiger partial charge on any atom is 0.278 e. The fraction of sp³-hybridized carbons (Fsp3) is 0.375. The number of aromatic nitrogens is 3. The third kappa shape index (κ3) is 3.23. The second-order valence-corrected chi connectivity index (χ2v) is 5.29. The monoisotopic (exact) mass is 314 g/mol. The molecule has 0 aliphatic carbocycles. The third-order valence-corrected chi connectivity index (χ3v) is 3.77. The zero-order valence-corrected chi connectivity index (χ0v) is 13.1. The molecular formula is C16H18N4O3. The lowest BCUT2D eigenvalue weighted by molar-refractivity contribution is 0.0769. The van der Waals surface area contributed by atoms with E-state index < -0.39 is 0 Å². The van der Waals surface area contributed by atoms with Crippen LogP contribution in [0.15, 0.2) is 30.7 Å². The van der Waals surface area contributed by atoms with Crippen LogP contribution in [0, 0.1) is 6.92 Å². The Morgan fingerprint density at radius 2 is 2.00 bits per heavy atom. The second-order valence-electron chi connectivity index (χ2n) is 5.29. The molecule has 1 aliphatic rings. The maximum atomic E-state index is 12.6. The molecule has 1 fully saturated rings. The highest BCUT2D eigenvalue weighted by Crippen LogP contribution is 2.24. The van der Waals surface area contributed by atoms with Crippen molar-refractivity contribution in [1.82, 2.24) is 19.9 Å². The van der Waals surface area contributed by atoms with Crippen LogP contribution >= 0.6 is 0 Å². The number of aryl methyl sites for hydroxylation is 1. The van der Waals surface area contributed by atoms with Crippen molar-refractivity contribution < 1.29 is 14.3 Å². The number of hydrogen-bond acceptors (Lipinski definition) is 6. The molecule has 0 saturated carbocycles. The van der Waals surface area contributed by atoms with E-state index in [9.17, 15) is 4.79 Å². The summed E-state index contributed by atoms with van der Waals surface area (Å²) in [6.45, 7) is 2.98. The largest absolute Gasteiger partial charge is 0.477 e. The van der Waals surface area contributed by atoms with Crippen LogP contribution in [0.5, 0.6) is 11.8 Å². The zero-order chi connectivity index (χ0) is 16.2. The first-order valence-corrected chi connectivity index (χ1v) is 7.41. The average molecular weight is 314 g/mol. The number of nitrogens with zero attached hydrogens (tertiary/aromatic N) is 4. The van der Waals surface area contributed by atoms with Gasteiger partial charge in [-0.05, 0) is 19.1 Å². The highest BCUT2D eigenvalue weighted by molar-refractivity contribution is 5.95. The summed E-state index contributed by atoms with van der Waals surface area (Å²) in [7, 11) is 1.52. The molecule has 0 radical (unpaired) electrons. The summed E-state index contributed by atoms with van der Waals surface area (Å²) in [4.78, 5) is 26.7. The number of methoxy groups -OCH3 is 1. The molecule has 1 aliphatic heterocycles. The van der Waals surface area contributed by atoms with Crippen molar-refractivity contribution in [3.63, 3.8) is 0 Å². The fourth-order valence-electron chi connectivity index (χ4n) is 2.58. The van der Waals surface area contributed by atoms with Crippen molar-refractivity contribution in [1.29, 1.82) is 0 Å². The van der Waals surface area contributed by atoms with Crippen LogP contribution in [0.25, 0.3) is 0 Å². The summed E-state index contributed by atoms with van der Waals surface area (Å²) >= 11 is 0. The van der Waals surface area contributed by atoms with E-state index in [0.29, 0.717) is 30.4 Å². The Kier molecular flexibility index (Phi) is 4.36. The lowest BCUT2D eigenvalue weighted by Gasteiger charge is -2.18. The SMILES string of the molecule is COc1nccnc1OC1CCN(C(=O)c2cccnc2C)C1. The molecule has 1 saturated heterocycles. The molecule has 0 aromatic carbocycles. The Morgan fingerprint density at radius 3 is 2.74 bits per heavy atom. The molecule has 2 aromatic heterocycles. The molecule has 7 nitrogen and oxygen atoms in total. The van der Waals surface area contributed by atoms with Gasteiger partial charge in [-0.3, -0.25) is 9.78 Å². The van der Waals surface area contributed by atoms with Crippen molar-refractivity contribution in [2.75, 3.05) is 20.2 Å². The smallest absolute Gasteiger partial charge is 0.278 e. The van der Waals surface area contributed by atoms with E-state index >= 15 is 0 Å². The molecular weight excluding hydrogens is 296 g/mol. The van der Waals surface area contributed by atoms with E-state index in [1.165, 1.54) is 7.11 Å².